The molecule has 4 aromatic rings. The molecule has 1 atom stereocenters. The smallest absolute Gasteiger partial charge is 0.251 e. The number of carbonyl (C=O) groups excluding carboxylic acids is 2. The molecule has 0 radical (unpaired) electrons. The average Bonchev–Trinajstić information content (AvgIpc) is 3.41. The highest BCUT2D eigenvalue weighted by atomic mass is 35.5. The molecule has 0 spiro atoms. The summed E-state index contributed by atoms with van der Waals surface area (Å²) in [4.78, 5) is 38.5. The Hall–Kier alpha value is -4.08. The van der Waals surface area contributed by atoms with E-state index in [2.05, 4.69) is 15.3 Å². The Morgan fingerprint density at radius 2 is 1.61 bits per heavy atom. The Bertz CT molecular complexity index is 1540. The van der Waals surface area contributed by atoms with Gasteiger partial charge in [-0.3, -0.25) is 9.59 Å². The van der Waals surface area contributed by atoms with Gasteiger partial charge in [0.05, 0.1) is 5.75 Å². The fourth-order valence-corrected chi connectivity index (χ4v) is 5.45. The van der Waals surface area contributed by atoms with Crippen molar-refractivity contribution in [3.05, 3.63) is 106 Å². The van der Waals surface area contributed by atoms with Crippen LogP contribution in [0, 0.1) is 20.8 Å². The molecular formula is C31H29ClN4O4S. The monoisotopic (exact) mass is 588 g/mol. The highest BCUT2D eigenvalue weighted by molar-refractivity contribution is 7.99. The lowest BCUT2D eigenvalue weighted by Crippen LogP contribution is -2.41. The maximum atomic E-state index is 14.0. The van der Waals surface area contributed by atoms with Crippen molar-refractivity contribution in [3.63, 3.8) is 0 Å². The Morgan fingerprint density at radius 3 is 2.32 bits per heavy atom. The van der Waals surface area contributed by atoms with Crippen molar-refractivity contribution in [2.75, 3.05) is 17.9 Å². The van der Waals surface area contributed by atoms with Gasteiger partial charge in [-0.1, -0.05) is 65.3 Å². The molecule has 0 fully saturated rings. The molecule has 5 rings (SSSR count). The van der Waals surface area contributed by atoms with Crippen molar-refractivity contribution in [3.8, 4) is 11.5 Å². The van der Waals surface area contributed by atoms with Gasteiger partial charge in [0.15, 0.2) is 16.7 Å². The SMILES string of the molecule is Cc1ccc(CN(C(=O)CSc2nc(C)cc(C)n2)C(C(=O)Nc2ccc3c(c2)OCO3)c2ccc(Cl)cc2)cc1. The normalized spacial score (nSPS) is 12.6. The van der Waals surface area contributed by atoms with E-state index < -0.39 is 6.04 Å². The predicted octanol–water partition coefficient (Wildman–Crippen LogP) is 6.28. The van der Waals surface area contributed by atoms with Gasteiger partial charge < -0.3 is 19.7 Å². The Balaban J connectivity index is 1.48. The first kappa shape index (κ1) is 28.4. The molecule has 8 nitrogen and oxygen atoms in total. The third-order valence-electron chi connectivity index (χ3n) is 6.47. The predicted molar refractivity (Wildman–Crippen MR) is 159 cm³/mol. The zero-order valence-electron chi connectivity index (χ0n) is 22.9. The van der Waals surface area contributed by atoms with Crippen LogP contribution in [0.2, 0.25) is 5.02 Å². The molecule has 1 aliphatic heterocycles. The first-order valence-corrected chi connectivity index (χ1v) is 14.4. The minimum Gasteiger partial charge on any atom is -0.454 e. The van der Waals surface area contributed by atoms with Gasteiger partial charge in [-0.05, 0) is 62.2 Å². The van der Waals surface area contributed by atoms with Crippen LogP contribution in [0.15, 0.2) is 78.0 Å². The van der Waals surface area contributed by atoms with Gasteiger partial charge in [-0.15, -0.1) is 0 Å². The molecule has 0 aliphatic carbocycles. The van der Waals surface area contributed by atoms with Crippen LogP contribution in [0.5, 0.6) is 11.5 Å². The molecule has 41 heavy (non-hydrogen) atoms. The summed E-state index contributed by atoms with van der Waals surface area (Å²) in [6.07, 6.45) is 0. The first-order valence-electron chi connectivity index (χ1n) is 13.0. The molecule has 1 N–H and O–H groups in total. The molecular weight excluding hydrogens is 560 g/mol. The summed E-state index contributed by atoms with van der Waals surface area (Å²) < 4.78 is 10.9. The van der Waals surface area contributed by atoms with Crippen molar-refractivity contribution >= 4 is 40.9 Å². The summed E-state index contributed by atoms with van der Waals surface area (Å²) in [5, 5.41) is 4.01. The maximum Gasteiger partial charge on any atom is 0.251 e. The zero-order valence-corrected chi connectivity index (χ0v) is 24.5. The quantitative estimate of drug-likeness (QED) is 0.181. The van der Waals surface area contributed by atoms with Gasteiger partial charge in [0.25, 0.3) is 5.91 Å². The number of benzene rings is 3. The number of halogens is 1. The second kappa shape index (κ2) is 12.6. The number of hydrogen-bond donors (Lipinski definition) is 1. The fraction of sp³-hybridized carbons (Fsp3) is 0.226. The second-order valence-electron chi connectivity index (χ2n) is 9.74. The molecule has 0 saturated carbocycles. The van der Waals surface area contributed by atoms with Gasteiger partial charge in [0.1, 0.15) is 6.04 Å². The average molecular weight is 589 g/mol. The largest absolute Gasteiger partial charge is 0.454 e. The Kier molecular flexibility index (Phi) is 8.75. The number of ether oxygens (including phenoxy) is 2. The number of anilines is 1. The summed E-state index contributed by atoms with van der Waals surface area (Å²) in [7, 11) is 0. The van der Waals surface area contributed by atoms with Gasteiger partial charge in [-0.2, -0.15) is 0 Å². The molecule has 2 heterocycles. The molecule has 1 aromatic heterocycles. The summed E-state index contributed by atoms with van der Waals surface area (Å²) in [5.41, 5.74) is 4.80. The molecule has 210 valence electrons. The minimum absolute atomic E-state index is 0.0517. The lowest BCUT2D eigenvalue weighted by molar-refractivity contribution is -0.137. The van der Waals surface area contributed by atoms with E-state index in [0.717, 1.165) is 22.5 Å². The first-order chi connectivity index (χ1) is 19.7. The van der Waals surface area contributed by atoms with Crippen LogP contribution in [-0.4, -0.2) is 39.2 Å². The number of aromatic nitrogens is 2. The van der Waals surface area contributed by atoms with Gasteiger partial charge in [-0.25, -0.2) is 9.97 Å². The van der Waals surface area contributed by atoms with E-state index in [9.17, 15) is 9.59 Å². The van der Waals surface area contributed by atoms with Crippen LogP contribution in [-0.2, 0) is 16.1 Å². The van der Waals surface area contributed by atoms with E-state index in [1.54, 1.807) is 47.4 Å². The molecule has 0 saturated heterocycles. The molecule has 0 bridgehead atoms. The second-order valence-corrected chi connectivity index (χ2v) is 11.1. The van der Waals surface area contributed by atoms with Crippen molar-refractivity contribution in [2.24, 2.45) is 0 Å². The van der Waals surface area contributed by atoms with E-state index in [0.29, 0.717) is 32.9 Å². The molecule has 2 amide bonds. The number of aryl methyl sites for hydroxylation is 3. The number of thioether (sulfide) groups is 1. The summed E-state index contributed by atoms with van der Waals surface area (Å²) in [6, 6.07) is 21.0. The number of amides is 2. The van der Waals surface area contributed by atoms with Crippen molar-refractivity contribution < 1.29 is 19.1 Å². The van der Waals surface area contributed by atoms with E-state index >= 15 is 0 Å². The number of nitrogens with one attached hydrogen (secondary N) is 1. The number of carbonyl (C=O) groups is 2. The number of rotatable bonds is 9. The highest BCUT2D eigenvalue weighted by Gasteiger charge is 2.32. The van der Waals surface area contributed by atoms with Gasteiger partial charge in [0, 0.05) is 34.7 Å². The van der Waals surface area contributed by atoms with E-state index in [1.807, 2.05) is 51.1 Å². The molecule has 1 unspecified atom stereocenters. The third kappa shape index (κ3) is 7.17. The third-order valence-corrected chi connectivity index (χ3v) is 7.55. The lowest BCUT2D eigenvalue weighted by atomic mass is 10.0. The van der Waals surface area contributed by atoms with E-state index in [4.69, 9.17) is 21.1 Å². The molecule has 1 aliphatic rings. The summed E-state index contributed by atoms with van der Waals surface area (Å²) in [6.45, 7) is 6.13. The Morgan fingerprint density at radius 1 is 0.927 bits per heavy atom. The number of hydrogen-bond acceptors (Lipinski definition) is 7. The van der Waals surface area contributed by atoms with Crippen LogP contribution in [0.1, 0.15) is 34.1 Å². The van der Waals surface area contributed by atoms with Crippen LogP contribution in [0.3, 0.4) is 0 Å². The van der Waals surface area contributed by atoms with Crippen LogP contribution in [0.4, 0.5) is 5.69 Å². The minimum atomic E-state index is -0.952. The van der Waals surface area contributed by atoms with Crippen molar-refractivity contribution in [2.45, 2.75) is 38.5 Å². The van der Waals surface area contributed by atoms with Gasteiger partial charge in [0.2, 0.25) is 12.7 Å². The van der Waals surface area contributed by atoms with Crippen LogP contribution >= 0.6 is 23.4 Å². The zero-order chi connectivity index (χ0) is 28.9. The van der Waals surface area contributed by atoms with Crippen LogP contribution < -0.4 is 14.8 Å². The van der Waals surface area contributed by atoms with Crippen molar-refractivity contribution in [1.29, 1.82) is 0 Å². The standard InChI is InChI=1S/C31H29ClN4O4S/c1-19-4-6-22(7-5-19)16-36(28(37)17-41-31-33-20(2)14-21(3)34-31)29(23-8-10-24(32)11-9-23)30(38)35-25-12-13-26-27(15-25)40-18-39-26/h4-15,29H,16-18H2,1-3H3,(H,35,38). The Labute approximate surface area is 248 Å². The van der Waals surface area contributed by atoms with Crippen molar-refractivity contribution in [1.82, 2.24) is 14.9 Å². The summed E-state index contributed by atoms with van der Waals surface area (Å²) in [5.74, 6) is 0.594. The highest BCUT2D eigenvalue weighted by Crippen LogP contribution is 2.35. The van der Waals surface area contributed by atoms with E-state index in [1.165, 1.54) is 11.8 Å². The summed E-state index contributed by atoms with van der Waals surface area (Å²) >= 11 is 7.43. The topological polar surface area (TPSA) is 93.7 Å². The fourth-order valence-electron chi connectivity index (χ4n) is 4.48. The molecule has 10 heteroatoms. The number of fused-ring (bicyclic) bond motifs is 1. The lowest BCUT2D eigenvalue weighted by Gasteiger charge is -2.31. The molecule has 3 aromatic carbocycles. The van der Waals surface area contributed by atoms with Crippen LogP contribution in [0.25, 0.3) is 0 Å². The maximum absolute atomic E-state index is 14.0. The van der Waals surface area contributed by atoms with Gasteiger partial charge >= 0.3 is 0 Å². The van der Waals surface area contributed by atoms with E-state index in [-0.39, 0.29) is 30.9 Å². The number of nitrogens with zero attached hydrogens (tertiary/aromatic N) is 3.